The molecule has 150 valence electrons. The summed E-state index contributed by atoms with van der Waals surface area (Å²) in [7, 11) is 4.33. The van der Waals surface area contributed by atoms with Crippen LogP contribution in [0.3, 0.4) is 0 Å². The fourth-order valence-electron chi connectivity index (χ4n) is 5.17. The second-order valence-electron chi connectivity index (χ2n) is 8.94. The Morgan fingerprint density at radius 1 is 1.11 bits per heavy atom. The Morgan fingerprint density at radius 3 is 2.48 bits per heavy atom. The van der Waals surface area contributed by atoms with Gasteiger partial charge in [0.2, 0.25) is 5.91 Å². The molecule has 4 nitrogen and oxygen atoms in total. The van der Waals surface area contributed by atoms with Crippen molar-refractivity contribution in [2.75, 3.05) is 20.6 Å². The van der Waals surface area contributed by atoms with Gasteiger partial charge in [-0.05, 0) is 76.1 Å². The van der Waals surface area contributed by atoms with Gasteiger partial charge in [0.25, 0.3) is 0 Å². The monoisotopic (exact) mass is 371 g/mol. The van der Waals surface area contributed by atoms with E-state index >= 15 is 0 Å². The number of amides is 1. The maximum Gasteiger partial charge on any atom is 0.220 e. The number of nitrogens with one attached hydrogen (secondary N) is 1. The number of hydrogen-bond donors (Lipinski definition) is 1. The largest absolute Gasteiger partial charge is 0.356 e. The Balaban J connectivity index is 1.39. The molecule has 1 aromatic heterocycles. The Labute approximate surface area is 165 Å². The summed E-state index contributed by atoms with van der Waals surface area (Å²) in [5.41, 5.74) is 1.19. The predicted molar refractivity (Wildman–Crippen MR) is 110 cm³/mol. The zero-order valence-corrected chi connectivity index (χ0v) is 17.2. The topological polar surface area (TPSA) is 45.2 Å². The molecule has 0 spiro atoms. The average Bonchev–Trinajstić information content (AvgIpc) is 3.20. The van der Waals surface area contributed by atoms with Gasteiger partial charge in [0, 0.05) is 19.2 Å². The third kappa shape index (κ3) is 6.03. The first-order valence-electron chi connectivity index (χ1n) is 11.0. The Morgan fingerprint density at radius 2 is 1.85 bits per heavy atom. The van der Waals surface area contributed by atoms with Crippen LogP contribution in [0.5, 0.6) is 0 Å². The van der Waals surface area contributed by atoms with E-state index in [4.69, 9.17) is 0 Å². The molecular formula is C23H37N3O. The van der Waals surface area contributed by atoms with Gasteiger partial charge < -0.3 is 10.2 Å². The summed E-state index contributed by atoms with van der Waals surface area (Å²) in [4.78, 5) is 19.1. The number of nitrogens with zero attached hydrogens (tertiary/aromatic N) is 2. The molecule has 0 saturated heterocycles. The molecule has 1 aromatic rings. The van der Waals surface area contributed by atoms with Crippen LogP contribution in [-0.4, -0.2) is 36.4 Å². The number of aromatic nitrogens is 1. The lowest BCUT2D eigenvalue weighted by Gasteiger charge is -2.37. The van der Waals surface area contributed by atoms with Crippen molar-refractivity contribution in [3.8, 4) is 0 Å². The van der Waals surface area contributed by atoms with Crippen LogP contribution in [0.4, 0.5) is 0 Å². The first-order valence-corrected chi connectivity index (χ1v) is 11.0. The highest BCUT2D eigenvalue weighted by Gasteiger charge is 2.30. The minimum atomic E-state index is 0.267. The third-order valence-electron chi connectivity index (χ3n) is 6.73. The number of carbonyl (C=O) groups is 1. The summed E-state index contributed by atoms with van der Waals surface area (Å²) in [5, 5.41) is 3.21. The van der Waals surface area contributed by atoms with Gasteiger partial charge in [0.05, 0.1) is 11.7 Å². The lowest BCUT2D eigenvalue weighted by atomic mass is 9.77. The van der Waals surface area contributed by atoms with E-state index in [-0.39, 0.29) is 5.91 Å². The number of hydrogen-bond acceptors (Lipinski definition) is 3. The van der Waals surface area contributed by atoms with Crippen molar-refractivity contribution in [1.29, 1.82) is 0 Å². The quantitative estimate of drug-likeness (QED) is 0.728. The molecule has 0 aromatic carbocycles. The fourth-order valence-corrected chi connectivity index (χ4v) is 5.17. The molecule has 2 aliphatic carbocycles. The molecule has 1 unspecified atom stereocenters. The van der Waals surface area contributed by atoms with Crippen LogP contribution in [0.15, 0.2) is 24.4 Å². The van der Waals surface area contributed by atoms with Crippen LogP contribution >= 0.6 is 0 Å². The second kappa shape index (κ2) is 10.2. The van der Waals surface area contributed by atoms with Crippen LogP contribution in [0, 0.1) is 17.8 Å². The van der Waals surface area contributed by atoms with E-state index in [2.05, 4.69) is 41.4 Å². The van der Waals surface area contributed by atoms with E-state index in [1.54, 1.807) is 0 Å². The molecule has 1 N–H and O–H groups in total. The molecule has 3 rings (SSSR count). The zero-order valence-electron chi connectivity index (χ0n) is 17.2. The predicted octanol–water partition coefficient (Wildman–Crippen LogP) is 4.58. The molecule has 4 heteroatoms. The number of pyridine rings is 1. The van der Waals surface area contributed by atoms with Crippen molar-refractivity contribution < 1.29 is 4.79 Å². The molecule has 1 atom stereocenters. The minimum Gasteiger partial charge on any atom is -0.356 e. The van der Waals surface area contributed by atoms with E-state index in [0.29, 0.717) is 17.9 Å². The second-order valence-corrected chi connectivity index (χ2v) is 8.94. The van der Waals surface area contributed by atoms with Crippen molar-refractivity contribution in [2.45, 2.75) is 70.3 Å². The first-order chi connectivity index (χ1) is 13.1. The molecule has 1 amide bonds. The van der Waals surface area contributed by atoms with Crippen LogP contribution in [-0.2, 0) is 4.79 Å². The van der Waals surface area contributed by atoms with Gasteiger partial charge in [-0.3, -0.25) is 9.78 Å². The van der Waals surface area contributed by atoms with E-state index < -0.39 is 0 Å². The van der Waals surface area contributed by atoms with Crippen LogP contribution < -0.4 is 5.32 Å². The van der Waals surface area contributed by atoms with Crippen LogP contribution in [0.2, 0.25) is 0 Å². The normalized spacial score (nSPS) is 24.9. The number of rotatable bonds is 8. The van der Waals surface area contributed by atoms with Gasteiger partial charge in [-0.1, -0.05) is 31.7 Å². The first kappa shape index (κ1) is 20.3. The van der Waals surface area contributed by atoms with Crippen molar-refractivity contribution in [3.05, 3.63) is 30.1 Å². The maximum absolute atomic E-state index is 12.2. The van der Waals surface area contributed by atoms with E-state index in [1.807, 2.05) is 12.3 Å². The standard InChI is InChI=1S/C23H37N3O/c1-26(2)23(21-9-5-6-16-24-21)20-13-10-19(11-14-20)17-25-22(27)15-12-18-7-3-4-8-18/h5-6,9,16,18-20,23H,3-4,7-8,10-15,17H2,1-2H3,(H,25,27). The lowest BCUT2D eigenvalue weighted by molar-refractivity contribution is -0.121. The molecule has 0 radical (unpaired) electrons. The molecule has 2 saturated carbocycles. The average molecular weight is 372 g/mol. The number of carbonyl (C=O) groups excluding carboxylic acids is 1. The Bertz CT molecular complexity index is 560. The molecular weight excluding hydrogens is 334 g/mol. The third-order valence-corrected chi connectivity index (χ3v) is 6.73. The van der Waals surface area contributed by atoms with Crippen LogP contribution in [0.1, 0.15) is 75.9 Å². The Kier molecular flexibility index (Phi) is 7.69. The van der Waals surface area contributed by atoms with Crippen molar-refractivity contribution in [1.82, 2.24) is 15.2 Å². The molecule has 27 heavy (non-hydrogen) atoms. The molecule has 0 aliphatic heterocycles. The van der Waals surface area contributed by atoms with E-state index in [1.165, 1.54) is 57.1 Å². The van der Waals surface area contributed by atoms with Crippen molar-refractivity contribution in [2.24, 2.45) is 17.8 Å². The molecule has 2 fully saturated rings. The fraction of sp³-hybridized carbons (Fsp3) is 0.739. The highest BCUT2D eigenvalue weighted by molar-refractivity contribution is 5.75. The van der Waals surface area contributed by atoms with Crippen molar-refractivity contribution in [3.63, 3.8) is 0 Å². The van der Waals surface area contributed by atoms with Gasteiger partial charge in [-0.2, -0.15) is 0 Å². The summed E-state index contributed by atoms with van der Waals surface area (Å²) in [6.45, 7) is 0.867. The minimum absolute atomic E-state index is 0.267. The van der Waals surface area contributed by atoms with Gasteiger partial charge >= 0.3 is 0 Å². The summed E-state index contributed by atoms with van der Waals surface area (Å²) in [6.07, 6.45) is 14.0. The summed E-state index contributed by atoms with van der Waals surface area (Å²) < 4.78 is 0. The highest BCUT2D eigenvalue weighted by atomic mass is 16.1. The van der Waals surface area contributed by atoms with Gasteiger partial charge in [-0.25, -0.2) is 0 Å². The zero-order chi connectivity index (χ0) is 19.1. The Hall–Kier alpha value is -1.42. The lowest BCUT2D eigenvalue weighted by Crippen LogP contribution is -2.34. The molecule has 2 aliphatic rings. The van der Waals surface area contributed by atoms with Gasteiger partial charge in [0.15, 0.2) is 0 Å². The summed E-state index contributed by atoms with van der Waals surface area (Å²) >= 11 is 0. The van der Waals surface area contributed by atoms with Gasteiger partial charge in [-0.15, -0.1) is 0 Å². The van der Waals surface area contributed by atoms with Crippen LogP contribution in [0.25, 0.3) is 0 Å². The maximum atomic E-state index is 12.2. The molecule has 1 heterocycles. The highest BCUT2D eigenvalue weighted by Crippen LogP contribution is 2.38. The smallest absolute Gasteiger partial charge is 0.220 e. The molecule has 0 bridgehead atoms. The van der Waals surface area contributed by atoms with E-state index in [0.717, 1.165) is 25.3 Å². The SMILES string of the molecule is CN(C)C(c1ccccn1)C1CCC(CNC(=O)CCC2CCCC2)CC1. The summed E-state index contributed by atoms with van der Waals surface area (Å²) in [6, 6.07) is 6.63. The van der Waals surface area contributed by atoms with E-state index in [9.17, 15) is 4.79 Å². The van der Waals surface area contributed by atoms with Gasteiger partial charge in [0.1, 0.15) is 0 Å². The van der Waals surface area contributed by atoms with Crippen molar-refractivity contribution >= 4 is 5.91 Å². The summed E-state index contributed by atoms with van der Waals surface area (Å²) in [5.74, 6) is 2.37.